The zero-order chi connectivity index (χ0) is 15.6. The van der Waals surface area contributed by atoms with Gasteiger partial charge in [0.05, 0.1) is 12.7 Å². The Morgan fingerprint density at radius 3 is 2.86 bits per heavy atom. The zero-order valence-corrected chi connectivity index (χ0v) is 11.2. The molecule has 0 unspecified atom stereocenters. The quantitative estimate of drug-likeness (QED) is 0.386. The van der Waals surface area contributed by atoms with Gasteiger partial charge in [0.25, 0.3) is 5.56 Å². The van der Waals surface area contributed by atoms with Crippen molar-refractivity contribution in [1.29, 1.82) is 0 Å². The summed E-state index contributed by atoms with van der Waals surface area (Å²) in [4.78, 5) is 27.6. The molecule has 0 bridgehead atoms. The first-order valence-electron chi connectivity index (χ1n) is 6.33. The van der Waals surface area contributed by atoms with Crippen LogP contribution in [0, 0.1) is 5.92 Å². The lowest BCUT2D eigenvalue weighted by atomic mass is 9.94. The lowest BCUT2D eigenvalue weighted by molar-refractivity contribution is -0.124. The number of aromatic amines is 1. The first-order chi connectivity index (χ1) is 9.99. The average Bonchev–Trinajstić information content (AvgIpc) is 2.72. The van der Waals surface area contributed by atoms with Crippen molar-refractivity contribution in [3.05, 3.63) is 43.5 Å². The SMILES string of the molecule is CC[C@H]1[C@H](n2ccc(=O)[nH]c2=O)O[C@@](CO)(N=[N+]=[N-])[C@H]1O. The molecule has 3 N–H and O–H groups in total. The van der Waals surface area contributed by atoms with E-state index in [1.807, 2.05) is 0 Å². The summed E-state index contributed by atoms with van der Waals surface area (Å²) in [5, 5.41) is 23.0. The predicted octanol–water partition coefficient (Wildman–Crippen LogP) is -0.549. The molecule has 0 aromatic carbocycles. The predicted molar refractivity (Wildman–Crippen MR) is 70.2 cm³/mol. The summed E-state index contributed by atoms with van der Waals surface area (Å²) in [6.07, 6.45) is -0.621. The van der Waals surface area contributed by atoms with Crippen molar-refractivity contribution in [3.8, 4) is 0 Å². The number of nitrogens with one attached hydrogen (secondary N) is 1. The molecule has 0 radical (unpaired) electrons. The Bertz CT molecular complexity index is 678. The summed E-state index contributed by atoms with van der Waals surface area (Å²) in [6.45, 7) is 1.02. The molecular formula is C11H15N5O5. The van der Waals surface area contributed by atoms with Gasteiger partial charge in [-0.2, -0.15) is 0 Å². The van der Waals surface area contributed by atoms with Crippen LogP contribution in [0.3, 0.4) is 0 Å². The van der Waals surface area contributed by atoms with Crippen LogP contribution in [0.15, 0.2) is 27.0 Å². The van der Waals surface area contributed by atoms with Crippen LogP contribution in [0.1, 0.15) is 19.6 Å². The fourth-order valence-corrected chi connectivity index (χ4v) is 2.49. The molecule has 0 amide bonds. The highest BCUT2D eigenvalue weighted by Gasteiger charge is 2.54. The van der Waals surface area contributed by atoms with Crippen LogP contribution in [0.25, 0.3) is 10.4 Å². The molecule has 10 heteroatoms. The minimum atomic E-state index is -1.85. The van der Waals surface area contributed by atoms with Gasteiger partial charge in [0.2, 0.25) is 0 Å². The molecule has 10 nitrogen and oxygen atoms in total. The molecule has 0 spiro atoms. The summed E-state index contributed by atoms with van der Waals surface area (Å²) < 4.78 is 6.57. The molecule has 1 saturated heterocycles. The van der Waals surface area contributed by atoms with Gasteiger partial charge in [-0.3, -0.25) is 14.3 Å². The molecule has 114 valence electrons. The number of H-pyrrole nitrogens is 1. The second kappa shape index (κ2) is 5.70. The number of nitrogens with zero attached hydrogens (tertiary/aromatic N) is 4. The van der Waals surface area contributed by atoms with Crippen LogP contribution in [-0.4, -0.2) is 38.2 Å². The summed E-state index contributed by atoms with van der Waals surface area (Å²) >= 11 is 0. The van der Waals surface area contributed by atoms with Crippen molar-refractivity contribution in [1.82, 2.24) is 9.55 Å². The summed E-state index contributed by atoms with van der Waals surface area (Å²) in [7, 11) is 0. The molecule has 4 atom stereocenters. The van der Waals surface area contributed by atoms with Gasteiger partial charge in [-0.05, 0) is 12.0 Å². The van der Waals surface area contributed by atoms with E-state index in [4.69, 9.17) is 10.3 Å². The molecule has 2 heterocycles. The van der Waals surface area contributed by atoms with Gasteiger partial charge in [0, 0.05) is 23.1 Å². The first kappa shape index (κ1) is 15.3. The molecule has 1 aliphatic heterocycles. The van der Waals surface area contributed by atoms with Crippen molar-refractivity contribution in [2.75, 3.05) is 6.61 Å². The summed E-state index contributed by atoms with van der Waals surface area (Å²) in [6, 6.07) is 1.14. The Balaban J connectivity index is 2.51. The number of aromatic nitrogens is 2. The second-order valence-corrected chi connectivity index (χ2v) is 4.74. The molecule has 0 saturated carbocycles. The van der Waals surface area contributed by atoms with Gasteiger partial charge < -0.3 is 14.9 Å². The smallest absolute Gasteiger partial charge is 0.330 e. The topological polar surface area (TPSA) is 153 Å². The lowest BCUT2D eigenvalue weighted by Gasteiger charge is -2.24. The Morgan fingerprint density at radius 2 is 2.33 bits per heavy atom. The highest BCUT2D eigenvalue weighted by atomic mass is 16.6. The molecule has 2 rings (SSSR count). The Hall–Kier alpha value is -2.13. The molecule has 0 aliphatic carbocycles. The third kappa shape index (κ3) is 2.45. The number of aliphatic hydroxyl groups excluding tert-OH is 2. The normalized spacial score (nSPS) is 31.9. The van der Waals surface area contributed by atoms with Gasteiger partial charge in [-0.1, -0.05) is 12.0 Å². The van der Waals surface area contributed by atoms with Crippen LogP contribution in [-0.2, 0) is 4.74 Å². The average molecular weight is 297 g/mol. The highest BCUT2D eigenvalue weighted by molar-refractivity contribution is 5.00. The van der Waals surface area contributed by atoms with Crippen LogP contribution < -0.4 is 11.2 Å². The van der Waals surface area contributed by atoms with E-state index in [-0.39, 0.29) is 0 Å². The van der Waals surface area contributed by atoms with E-state index >= 15 is 0 Å². The molecular weight excluding hydrogens is 282 g/mol. The standard InChI is InChI=1S/C11H15N5O5/c1-2-6-8(19)11(5-17,14-15-12)21-9(6)16-4-3-7(18)13-10(16)20/h3-4,6,8-9,17,19H,2,5H2,1H3,(H,13,18,20)/t6-,8+,9-,11-/m1/s1. The van der Waals surface area contributed by atoms with E-state index in [2.05, 4.69) is 15.0 Å². The van der Waals surface area contributed by atoms with Gasteiger partial charge in [0.15, 0.2) is 5.72 Å². The fraction of sp³-hybridized carbons (Fsp3) is 0.636. The first-order valence-corrected chi connectivity index (χ1v) is 6.33. The monoisotopic (exact) mass is 297 g/mol. The molecule has 1 fully saturated rings. The van der Waals surface area contributed by atoms with E-state index in [9.17, 15) is 19.8 Å². The number of hydrogen-bond donors (Lipinski definition) is 3. The maximum atomic E-state index is 11.8. The zero-order valence-electron chi connectivity index (χ0n) is 11.2. The number of rotatable bonds is 4. The molecule has 1 aliphatic rings. The van der Waals surface area contributed by atoms with E-state index in [1.165, 1.54) is 6.20 Å². The summed E-state index contributed by atoms with van der Waals surface area (Å²) in [5.74, 6) is -0.591. The lowest BCUT2D eigenvalue weighted by Crippen LogP contribution is -2.42. The second-order valence-electron chi connectivity index (χ2n) is 4.74. The maximum absolute atomic E-state index is 11.8. The van der Waals surface area contributed by atoms with Crippen LogP contribution in [0.5, 0.6) is 0 Å². The van der Waals surface area contributed by atoms with Gasteiger partial charge >= 0.3 is 5.69 Å². The summed E-state index contributed by atoms with van der Waals surface area (Å²) in [5.41, 5.74) is 5.46. The molecule has 1 aromatic rings. The van der Waals surface area contributed by atoms with Gasteiger partial charge in [-0.25, -0.2) is 4.79 Å². The number of ether oxygens (including phenoxy) is 1. The van der Waals surface area contributed by atoms with Crippen molar-refractivity contribution in [2.24, 2.45) is 11.0 Å². The number of aliphatic hydroxyl groups is 2. The van der Waals surface area contributed by atoms with Crippen molar-refractivity contribution < 1.29 is 14.9 Å². The Labute approximate surface area is 118 Å². The third-order valence-corrected chi connectivity index (χ3v) is 3.60. The number of hydrogen-bond acceptors (Lipinski definition) is 6. The van der Waals surface area contributed by atoms with Crippen LogP contribution >= 0.6 is 0 Å². The van der Waals surface area contributed by atoms with Crippen molar-refractivity contribution in [3.63, 3.8) is 0 Å². The van der Waals surface area contributed by atoms with Crippen molar-refractivity contribution >= 4 is 0 Å². The fourth-order valence-electron chi connectivity index (χ4n) is 2.49. The van der Waals surface area contributed by atoms with E-state index in [0.717, 1.165) is 10.6 Å². The van der Waals surface area contributed by atoms with E-state index in [1.54, 1.807) is 6.92 Å². The highest BCUT2D eigenvalue weighted by Crippen LogP contribution is 2.43. The Morgan fingerprint density at radius 1 is 1.62 bits per heavy atom. The largest absolute Gasteiger partial charge is 0.393 e. The van der Waals surface area contributed by atoms with Crippen molar-refractivity contribution in [2.45, 2.75) is 31.4 Å². The van der Waals surface area contributed by atoms with E-state index < -0.39 is 41.8 Å². The van der Waals surface area contributed by atoms with Crippen LogP contribution in [0.4, 0.5) is 0 Å². The minimum Gasteiger partial charge on any atom is -0.393 e. The van der Waals surface area contributed by atoms with Crippen LogP contribution in [0.2, 0.25) is 0 Å². The minimum absolute atomic E-state index is 0.403. The van der Waals surface area contributed by atoms with Gasteiger partial charge in [-0.15, -0.1) is 0 Å². The van der Waals surface area contributed by atoms with E-state index in [0.29, 0.717) is 6.42 Å². The maximum Gasteiger partial charge on any atom is 0.330 e. The Kier molecular flexibility index (Phi) is 4.14. The third-order valence-electron chi connectivity index (χ3n) is 3.60. The number of azide groups is 1. The van der Waals surface area contributed by atoms with Gasteiger partial charge in [0.1, 0.15) is 6.23 Å². The molecule has 21 heavy (non-hydrogen) atoms. The molecule has 1 aromatic heterocycles.